The first-order chi connectivity index (χ1) is 9.61. The Hall–Kier alpha value is -2.08. The van der Waals surface area contributed by atoms with Crippen LogP contribution in [0.4, 0.5) is 10.7 Å². The van der Waals surface area contributed by atoms with Gasteiger partial charge >= 0.3 is 0 Å². The van der Waals surface area contributed by atoms with Crippen molar-refractivity contribution in [2.24, 2.45) is 0 Å². The maximum atomic E-state index is 11.9. The lowest BCUT2D eigenvalue weighted by Crippen LogP contribution is -2.22. The van der Waals surface area contributed by atoms with E-state index in [4.69, 9.17) is 5.73 Å². The Bertz CT molecular complexity index is 582. The molecule has 2 aromatic heterocycles. The third-order valence-electron chi connectivity index (χ3n) is 2.81. The van der Waals surface area contributed by atoms with Gasteiger partial charge in [-0.3, -0.25) is 9.78 Å². The van der Waals surface area contributed by atoms with Gasteiger partial charge < -0.3 is 16.0 Å². The van der Waals surface area contributed by atoms with Crippen LogP contribution in [0.2, 0.25) is 0 Å². The number of amides is 1. The average molecular weight is 290 g/mol. The van der Waals surface area contributed by atoms with Gasteiger partial charge in [-0.15, -0.1) is 11.3 Å². The molecular weight excluding hydrogens is 272 g/mol. The number of carbonyl (C=O) groups excluding carboxylic acids is 1. The number of nitrogens with two attached hydrogens (primary N) is 1. The van der Waals surface area contributed by atoms with Gasteiger partial charge in [-0.05, 0) is 24.6 Å². The molecule has 20 heavy (non-hydrogen) atoms. The molecule has 6 heteroatoms. The van der Waals surface area contributed by atoms with E-state index >= 15 is 0 Å². The summed E-state index contributed by atoms with van der Waals surface area (Å²) in [5.74, 6) is -0.115. The number of nitrogen functional groups attached to an aromatic ring is 1. The van der Waals surface area contributed by atoms with Crippen LogP contribution in [0, 0.1) is 0 Å². The lowest BCUT2D eigenvalue weighted by atomic mass is 10.3. The highest BCUT2D eigenvalue weighted by Gasteiger charge is 2.15. The molecule has 0 bridgehead atoms. The highest BCUT2D eigenvalue weighted by Crippen LogP contribution is 2.32. The molecule has 0 spiro atoms. The number of nitrogens with zero attached hydrogens (tertiary/aromatic N) is 2. The zero-order valence-corrected chi connectivity index (χ0v) is 12.4. The minimum absolute atomic E-state index is 0.115. The molecule has 0 aliphatic heterocycles. The summed E-state index contributed by atoms with van der Waals surface area (Å²) >= 11 is 1.40. The number of hydrogen-bond acceptors (Lipinski definition) is 5. The Balaban J connectivity index is 2.13. The van der Waals surface area contributed by atoms with E-state index in [-0.39, 0.29) is 5.91 Å². The molecule has 0 radical (unpaired) electrons. The van der Waals surface area contributed by atoms with E-state index in [1.54, 1.807) is 6.20 Å². The SMILES string of the molecule is CCNC(=O)c1sc(N(C)Cc2cccnc2)cc1N. The Labute approximate surface area is 122 Å². The minimum atomic E-state index is -0.115. The van der Waals surface area contributed by atoms with E-state index in [1.807, 2.05) is 38.4 Å². The zero-order valence-electron chi connectivity index (χ0n) is 11.6. The number of rotatable bonds is 5. The second-order valence-electron chi connectivity index (χ2n) is 4.45. The van der Waals surface area contributed by atoms with Crippen molar-refractivity contribution in [2.75, 3.05) is 24.2 Å². The van der Waals surface area contributed by atoms with E-state index < -0.39 is 0 Å². The van der Waals surface area contributed by atoms with Gasteiger partial charge in [-0.1, -0.05) is 6.07 Å². The molecular formula is C14H18N4OS. The largest absolute Gasteiger partial charge is 0.397 e. The Morgan fingerprint density at radius 2 is 2.35 bits per heavy atom. The smallest absolute Gasteiger partial charge is 0.263 e. The van der Waals surface area contributed by atoms with E-state index in [1.165, 1.54) is 11.3 Å². The molecule has 2 heterocycles. The predicted molar refractivity (Wildman–Crippen MR) is 83.1 cm³/mol. The highest BCUT2D eigenvalue weighted by atomic mass is 32.1. The molecule has 3 N–H and O–H groups in total. The van der Waals surface area contributed by atoms with Crippen LogP contribution >= 0.6 is 11.3 Å². The van der Waals surface area contributed by atoms with Crippen molar-refractivity contribution in [1.29, 1.82) is 0 Å². The maximum Gasteiger partial charge on any atom is 0.263 e. The lowest BCUT2D eigenvalue weighted by molar-refractivity contribution is 0.0960. The number of carbonyl (C=O) groups is 1. The van der Waals surface area contributed by atoms with Crippen molar-refractivity contribution in [3.05, 3.63) is 41.0 Å². The molecule has 5 nitrogen and oxygen atoms in total. The van der Waals surface area contributed by atoms with Gasteiger partial charge in [0, 0.05) is 32.5 Å². The quantitative estimate of drug-likeness (QED) is 0.884. The number of nitrogens with one attached hydrogen (secondary N) is 1. The fourth-order valence-electron chi connectivity index (χ4n) is 1.84. The molecule has 106 valence electrons. The molecule has 0 fully saturated rings. The summed E-state index contributed by atoms with van der Waals surface area (Å²) in [4.78, 5) is 18.6. The summed E-state index contributed by atoms with van der Waals surface area (Å²) in [7, 11) is 1.97. The van der Waals surface area contributed by atoms with Crippen molar-refractivity contribution in [2.45, 2.75) is 13.5 Å². The standard InChI is InChI=1S/C14H18N4OS/c1-3-17-14(19)13-11(15)7-12(20-13)18(2)9-10-5-4-6-16-8-10/h4-8H,3,9,15H2,1-2H3,(H,17,19). The van der Waals surface area contributed by atoms with Crippen LogP contribution in [-0.2, 0) is 6.54 Å². The summed E-state index contributed by atoms with van der Waals surface area (Å²) in [5, 5.41) is 3.73. The van der Waals surface area contributed by atoms with Crippen LogP contribution in [0.25, 0.3) is 0 Å². The number of thiophene rings is 1. The van der Waals surface area contributed by atoms with Gasteiger partial charge in [0.05, 0.1) is 10.7 Å². The molecule has 2 aromatic rings. The molecule has 0 aliphatic carbocycles. The molecule has 0 saturated carbocycles. The van der Waals surface area contributed by atoms with Gasteiger partial charge in [0.25, 0.3) is 5.91 Å². The maximum absolute atomic E-state index is 11.9. The molecule has 0 aliphatic rings. The van der Waals surface area contributed by atoms with Gasteiger partial charge in [-0.2, -0.15) is 0 Å². The average Bonchev–Trinajstić information content (AvgIpc) is 2.82. The Morgan fingerprint density at radius 1 is 1.55 bits per heavy atom. The second-order valence-corrected chi connectivity index (χ2v) is 5.48. The molecule has 0 saturated heterocycles. The van der Waals surface area contributed by atoms with Crippen molar-refractivity contribution >= 4 is 27.9 Å². The topological polar surface area (TPSA) is 71.2 Å². The summed E-state index contributed by atoms with van der Waals surface area (Å²) in [6.45, 7) is 3.21. The van der Waals surface area contributed by atoms with Gasteiger partial charge in [0.15, 0.2) is 0 Å². The minimum Gasteiger partial charge on any atom is -0.397 e. The van der Waals surface area contributed by atoms with Crippen LogP contribution in [0.1, 0.15) is 22.2 Å². The van der Waals surface area contributed by atoms with Crippen molar-refractivity contribution in [3.8, 4) is 0 Å². The van der Waals surface area contributed by atoms with Gasteiger partial charge in [-0.25, -0.2) is 0 Å². The highest BCUT2D eigenvalue weighted by molar-refractivity contribution is 7.18. The normalized spacial score (nSPS) is 10.3. The summed E-state index contributed by atoms with van der Waals surface area (Å²) < 4.78 is 0. The Kier molecular flexibility index (Phi) is 4.57. The lowest BCUT2D eigenvalue weighted by Gasteiger charge is -2.16. The van der Waals surface area contributed by atoms with Crippen molar-refractivity contribution < 1.29 is 4.79 Å². The molecule has 1 amide bonds. The van der Waals surface area contributed by atoms with Crippen LogP contribution in [0.15, 0.2) is 30.6 Å². The van der Waals surface area contributed by atoms with Crippen molar-refractivity contribution in [3.63, 3.8) is 0 Å². The molecule has 0 unspecified atom stereocenters. The predicted octanol–water partition coefficient (Wildman–Crippen LogP) is 2.11. The Morgan fingerprint density at radius 3 is 3.00 bits per heavy atom. The molecule has 2 rings (SSSR count). The van der Waals surface area contributed by atoms with E-state index in [0.717, 1.165) is 17.1 Å². The van der Waals surface area contributed by atoms with Crippen molar-refractivity contribution in [1.82, 2.24) is 10.3 Å². The van der Waals surface area contributed by atoms with E-state index in [0.29, 0.717) is 17.1 Å². The fraction of sp³-hybridized carbons (Fsp3) is 0.286. The van der Waals surface area contributed by atoms with Crippen LogP contribution in [0.5, 0.6) is 0 Å². The third kappa shape index (κ3) is 3.27. The van der Waals surface area contributed by atoms with E-state index in [2.05, 4.69) is 15.2 Å². The molecule has 0 aromatic carbocycles. The molecule has 0 atom stereocenters. The fourth-order valence-corrected chi connectivity index (χ4v) is 2.80. The first-order valence-corrected chi connectivity index (χ1v) is 7.21. The summed E-state index contributed by atoms with van der Waals surface area (Å²) in [5.41, 5.74) is 7.55. The number of aromatic nitrogens is 1. The first-order valence-electron chi connectivity index (χ1n) is 6.39. The number of anilines is 2. The van der Waals surface area contributed by atoms with Crippen LogP contribution in [0.3, 0.4) is 0 Å². The van der Waals surface area contributed by atoms with Crippen LogP contribution in [-0.4, -0.2) is 24.5 Å². The third-order valence-corrected chi connectivity index (χ3v) is 4.07. The number of hydrogen-bond donors (Lipinski definition) is 2. The second kappa shape index (κ2) is 6.38. The van der Waals surface area contributed by atoms with Gasteiger partial charge in [0.1, 0.15) is 4.88 Å². The summed E-state index contributed by atoms with van der Waals surface area (Å²) in [6, 6.07) is 5.77. The summed E-state index contributed by atoms with van der Waals surface area (Å²) in [6.07, 6.45) is 3.58. The van der Waals surface area contributed by atoms with Gasteiger partial charge in [0.2, 0.25) is 0 Å². The number of pyridine rings is 1. The first kappa shape index (κ1) is 14.3. The van der Waals surface area contributed by atoms with Crippen LogP contribution < -0.4 is 16.0 Å². The van der Waals surface area contributed by atoms with E-state index in [9.17, 15) is 4.79 Å². The monoisotopic (exact) mass is 290 g/mol. The zero-order chi connectivity index (χ0) is 14.5.